The molecule has 0 aliphatic carbocycles. The van der Waals surface area contributed by atoms with E-state index in [9.17, 15) is 0 Å². The van der Waals surface area contributed by atoms with Crippen LogP contribution in [0.3, 0.4) is 0 Å². The van der Waals surface area contributed by atoms with Crippen LogP contribution in [0.2, 0.25) is 0 Å². The van der Waals surface area contributed by atoms with Crippen molar-refractivity contribution in [1.29, 1.82) is 0 Å². The van der Waals surface area contributed by atoms with E-state index in [4.69, 9.17) is 17.0 Å². The molecule has 90 valence electrons. The van der Waals surface area contributed by atoms with E-state index in [2.05, 4.69) is 39.7 Å². The Morgan fingerprint density at radius 3 is 2.56 bits per heavy atom. The highest BCUT2D eigenvalue weighted by molar-refractivity contribution is 9.10. The molecule has 0 aromatic carbocycles. The summed E-state index contributed by atoms with van der Waals surface area (Å²) in [5, 5.41) is 0. The van der Waals surface area contributed by atoms with Gasteiger partial charge < -0.3 is 9.72 Å². The van der Waals surface area contributed by atoms with Gasteiger partial charge in [-0.2, -0.15) is 0 Å². The fourth-order valence-corrected chi connectivity index (χ4v) is 2.24. The lowest BCUT2D eigenvalue weighted by molar-refractivity contribution is 0.117. The summed E-state index contributed by atoms with van der Waals surface area (Å²) in [4.78, 5) is 7.65. The molecule has 0 radical (unpaired) electrons. The van der Waals surface area contributed by atoms with Crippen LogP contribution in [0, 0.1) is 4.64 Å². The number of halogens is 1. The first-order chi connectivity index (χ1) is 7.45. The standard InChI is InChI=1S/C11H17BrN2OS/c1-6(2)10-9(12)11(16)14-8(13-10)5-7(3)15-4/h6-7H,5H2,1-4H3,(H,13,14,16). The highest BCUT2D eigenvalue weighted by Crippen LogP contribution is 2.23. The van der Waals surface area contributed by atoms with Gasteiger partial charge in [0.25, 0.3) is 0 Å². The number of ether oxygens (including phenoxy) is 1. The number of rotatable bonds is 4. The van der Waals surface area contributed by atoms with E-state index < -0.39 is 0 Å². The summed E-state index contributed by atoms with van der Waals surface area (Å²) in [5.41, 5.74) is 1.10. The molecule has 1 aromatic heterocycles. The summed E-state index contributed by atoms with van der Waals surface area (Å²) in [7, 11) is 1.70. The molecule has 0 amide bonds. The largest absolute Gasteiger partial charge is 0.381 e. The highest BCUT2D eigenvalue weighted by atomic mass is 79.9. The minimum atomic E-state index is 0.138. The molecule has 1 atom stereocenters. The summed E-state index contributed by atoms with van der Waals surface area (Å²) in [5.74, 6) is 1.27. The van der Waals surface area contributed by atoms with Gasteiger partial charge in [0.2, 0.25) is 0 Å². The molecule has 1 unspecified atom stereocenters. The smallest absolute Gasteiger partial charge is 0.144 e. The van der Waals surface area contributed by atoms with Gasteiger partial charge in [-0.1, -0.05) is 26.1 Å². The molecule has 1 N–H and O–H groups in total. The number of methoxy groups -OCH3 is 1. The second-order valence-electron chi connectivity index (χ2n) is 4.12. The Hall–Kier alpha value is -0.260. The second-order valence-corrected chi connectivity index (χ2v) is 5.30. The van der Waals surface area contributed by atoms with Crippen molar-refractivity contribution in [3.63, 3.8) is 0 Å². The zero-order valence-electron chi connectivity index (χ0n) is 10.0. The maximum atomic E-state index is 5.22. The highest BCUT2D eigenvalue weighted by Gasteiger charge is 2.11. The van der Waals surface area contributed by atoms with Crippen molar-refractivity contribution in [1.82, 2.24) is 9.97 Å². The van der Waals surface area contributed by atoms with Crippen LogP contribution in [-0.2, 0) is 11.2 Å². The molecule has 0 saturated carbocycles. The van der Waals surface area contributed by atoms with Crippen LogP contribution in [0.4, 0.5) is 0 Å². The Kier molecular flexibility index (Phi) is 5.08. The average molecular weight is 305 g/mol. The molecule has 1 rings (SSSR count). The normalized spacial score (nSPS) is 13.1. The van der Waals surface area contributed by atoms with Crippen molar-refractivity contribution in [2.45, 2.75) is 39.2 Å². The molecule has 1 aromatic rings. The number of aromatic amines is 1. The van der Waals surface area contributed by atoms with Crippen LogP contribution in [0.1, 0.15) is 38.2 Å². The predicted molar refractivity (Wildman–Crippen MR) is 71.4 cm³/mol. The van der Waals surface area contributed by atoms with Gasteiger partial charge >= 0.3 is 0 Å². The van der Waals surface area contributed by atoms with Gasteiger partial charge in [-0.3, -0.25) is 0 Å². The lowest BCUT2D eigenvalue weighted by Gasteiger charge is -2.13. The number of H-pyrrole nitrogens is 1. The fraction of sp³-hybridized carbons (Fsp3) is 0.636. The molecule has 1 heterocycles. The van der Waals surface area contributed by atoms with Crippen molar-refractivity contribution < 1.29 is 4.74 Å². The van der Waals surface area contributed by atoms with E-state index in [0.717, 1.165) is 22.4 Å². The molecule has 3 nitrogen and oxygen atoms in total. The van der Waals surface area contributed by atoms with Gasteiger partial charge in [-0.05, 0) is 28.8 Å². The minimum absolute atomic E-state index is 0.138. The van der Waals surface area contributed by atoms with E-state index in [1.165, 1.54) is 0 Å². The maximum Gasteiger partial charge on any atom is 0.144 e. The minimum Gasteiger partial charge on any atom is -0.381 e. The Balaban J connectivity index is 3.09. The van der Waals surface area contributed by atoms with Crippen molar-refractivity contribution in [2.24, 2.45) is 0 Å². The number of hydrogen-bond donors (Lipinski definition) is 1. The molecule has 0 spiro atoms. The van der Waals surface area contributed by atoms with E-state index in [0.29, 0.717) is 10.6 Å². The van der Waals surface area contributed by atoms with Crippen LogP contribution in [0.15, 0.2) is 4.47 Å². The molecule has 5 heteroatoms. The maximum absolute atomic E-state index is 5.22. The van der Waals surface area contributed by atoms with Crippen molar-refractivity contribution in [3.8, 4) is 0 Å². The number of hydrogen-bond acceptors (Lipinski definition) is 3. The third-order valence-electron chi connectivity index (χ3n) is 2.40. The summed E-state index contributed by atoms with van der Waals surface area (Å²) in [6, 6.07) is 0. The first kappa shape index (κ1) is 13.8. The van der Waals surface area contributed by atoms with E-state index in [1.807, 2.05) is 6.92 Å². The zero-order valence-corrected chi connectivity index (χ0v) is 12.4. The summed E-state index contributed by atoms with van der Waals surface area (Å²) in [6.07, 6.45) is 0.881. The van der Waals surface area contributed by atoms with Gasteiger partial charge in [0.05, 0.1) is 10.6 Å². The topological polar surface area (TPSA) is 37.9 Å². The van der Waals surface area contributed by atoms with Gasteiger partial charge in [0.1, 0.15) is 10.5 Å². The lowest BCUT2D eigenvalue weighted by atomic mass is 10.1. The fourth-order valence-electron chi connectivity index (χ4n) is 1.38. The van der Waals surface area contributed by atoms with Crippen LogP contribution in [0.25, 0.3) is 0 Å². The zero-order chi connectivity index (χ0) is 12.3. The average Bonchev–Trinajstić information content (AvgIpc) is 2.22. The van der Waals surface area contributed by atoms with E-state index >= 15 is 0 Å². The van der Waals surface area contributed by atoms with Crippen LogP contribution in [0.5, 0.6) is 0 Å². The SMILES string of the molecule is COC(C)Cc1nc(=S)c(Br)c(C(C)C)[nH]1. The molecule has 0 fully saturated rings. The van der Waals surface area contributed by atoms with Crippen LogP contribution in [-0.4, -0.2) is 23.2 Å². The third-order valence-corrected chi connectivity index (χ3v) is 3.76. The van der Waals surface area contributed by atoms with Crippen molar-refractivity contribution in [2.75, 3.05) is 7.11 Å². The number of aromatic nitrogens is 2. The predicted octanol–water partition coefficient (Wildman–Crippen LogP) is 3.60. The molecule has 0 bridgehead atoms. The van der Waals surface area contributed by atoms with Gasteiger partial charge in [0, 0.05) is 19.2 Å². The van der Waals surface area contributed by atoms with Crippen molar-refractivity contribution >= 4 is 28.1 Å². The Morgan fingerprint density at radius 2 is 2.06 bits per heavy atom. The molecule has 16 heavy (non-hydrogen) atoms. The third kappa shape index (κ3) is 3.37. The molecule has 0 aliphatic heterocycles. The van der Waals surface area contributed by atoms with Gasteiger partial charge in [0.15, 0.2) is 0 Å². The molecular weight excluding hydrogens is 288 g/mol. The van der Waals surface area contributed by atoms with Crippen LogP contribution >= 0.6 is 28.1 Å². The van der Waals surface area contributed by atoms with Crippen molar-refractivity contribution in [3.05, 3.63) is 20.6 Å². The lowest BCUT2D eigenvalue weighted by Crippen LogP contribution is -2.13. The summed E-state index contributed by atoms with van der Waals surface area (Å²) >= 11 is 8.69. The Morgan fingerprint density at radius 1 is 1.44 bits per heavy atom. The second kappa shape index (κ2) is 5.89. The quantitative estimate of drug-likeness (QED) is 0.864. The number of nitrogens with one attached hydrogen (secondary N) is 1. The van der Waals surface area contributed by atoms with Gasteiger partial charge in [-0.25, -0.2) is 4.98 Å². The first-order valence-electron chi connectivity index (χ1n) is 5.27. The van der Waals surface area contributed by atoms with Gasteiger partial charge in [-0.15, -0.1) is 0 Å². The summed E-state index contributed by atoms with van der Waals surface area (Å²) in [6.45, 7) is 6.25. The monoisotopic (exact) mass is 304 g/mol. The Bertz CT molecular complexity index is 417. The first-order valence-corrected chi connectivity index (χ1v) is 6.47. The molecular formula is C11H17BrN2OS. The summed E-state index contributed by atoms with van der Waals surface area (Å²) < 4.78 is 6.73. The molecule has 0 saturated heterocycles. The number of nitrogens with zero attached hydrogens (tertiary/aromatic N) is 1. The van der Waals surface area contributed by atoms with Crippen LogP contribution < -0.4 is 0 Å². The van der Waals surface area contributed by atoms with E-state index in [1.54, 1.807) is 7.11 Å². The molecule has 0 aliphatic rings. The van der Waals surface area contributed by atoms with E-state index in [-0.39, 0.29) is 6.10 Å². The Labute approximate surface area is 110 Å².